The molecule has 7 atom stereocenters. The molecule has 40 heavy (non-hydrogen) atoms. The van der Waals surface area contributed by atoms with E-state index in [0.717, 1.165) is 36.1 Å². The van der Waals surface area contributed by atoms with Crippen LogP contribution in [0.2, 0.25) is 0 Å². The number of rotatable bonds is 7. The Hall–Kier alpha value is -1.93. The first-order valence-electron chi connectivity index (χ1n) is 17.0. The molecule has 210 valence electrons. The monoisotopic (exact) mass is 532 g/mol. The highest BCUT2D eigenvalue weighted by atomic mass is 15.2. The molecular formula is C38H48N2. The average molecular weight is 533 g/mol. The molecule has 0 aromatic rings. The minimum absolute atomic E-state index is 0.510. The van der Waals surface area contributed by atoms with Crippen molar-refractivity contribution in [1.82, 2.24) is 4.90 Å². The van der Waals surface area contributed by atoms with Gasteiger partial charge in [0.15, 0.2) is 0 Å². The van der Waals surface area contributed by atoms with Gasteiger partial charge in [0.2, 0.25) is 0 Å². The van der Waals surface area contributed by atoms with Gasteiger partial charge in [-0.1, -0.05) is 58.2 Å². The molecule has 8 bridgehead atoms. The summed E-state index contributed by atoms with van der Waals surface area (Å²) in [4.78, 5) is 7.97. The molecule has 7 saturated carbocycles. The maximum atomic E-state index is 5.17. The molecule has 0 aromatic carbocycles. The maximum Gasteiger partial charge on any atom is 0.0541 e. The van der Waals surface area contributed by atoms with Crippen LogP contribution in [0.4, 0.5) is 0 Å². The number of likely N-dealkylation sites (tertiary alicyclic amines) is 1. The number of aliphatic imine (C=N–C) groups is 1. The van der Waals surface area contributed by atoms with Gasteiger partial charge < -0.3 is 0 Å². The molecule has 8 fully saturated rings. The second-order valence-corrected chi connectivity index (χ2v) is 15.7. The molecule has 0 radical (unpaired) electrons. The molecule has 1 aliphatic heterocycles. The maximum absolute atomic E-state index is 5.17. The molecule has 10 aliphatic carbocycles. The Morgan fingerprint density at radius 2 is 1.80 bits per heavy atom. The first-order chi connectivity index (χ1) is 19.5. The Balaban J connectivity index is 0.829. The minimum atomic E-state index is 0.510. The Morgan fingerprint density at radius 3 is 2.58 bits per heavy atom. The van der Waals surface area contributed by atoms with Gasteiger partial charge in [0.25, 0.3) is 0 Å². The van der Waals surface area contributed by atoms with Gasteiger partial charge in [-0.15, -0.1) is 0 Å². The summed E-state index contributed by atoms with van der Waals surface area (Å²) in [6.45, 7) is 8.13. The zero-order valence-corrected chi connectivity index (χ0v) is 24.9. The van der Waals surface area contributed by atoms with Crippen LogP contribution in [-0.2, 0) is 0 Å². The third-order valence-corrected chi connectivity index (χ3v) is 13.2. The van der Waals surface area contributed by atoms with Crippen molar-refractivity contribution in [3.05, 3.63) is 69.4 Å². The Bertz CT molecular complexity index is 1310. The summed E-state index contributed by atoms with van der Waals surface area (Å²) in [5.74, 6) is 6.02. The largest absolute Gasteiger partial charge is 0.298 e. The van der Waals surface area contributed by atoms with Crippen LogP contribution < -0.4 is 0 Å². The van der Waals surface area contributed by atoms with Crippen LogP contribution in [0.3, 0.4) is 0 Å². The van der Waals surface area contributed by atoms with E-state index in [-0.39, 0.29) is 0 Å². The summed E-state index contributed by atoms with van der Waals surface area (Å²) < 4.78 is 0. The average Bonchev–Trinajstić information content (AvgIpc) is 3.52. The van der Waals surface area contributed by atoms with Crippen LogP contribution in [0, 0.1) is 46.8 Å². The van der Waals surface area contributed by atoms with Gasteiger partial charge in [0, 0.05) is 36.6 Å². The topological polar surface area (TPSA) is 15.6 Å². The predicted molar refractivity (Wildman–Crippen MR) is 165 cm³/mol. The van der Waals surface area contributed by atoms with Gasteiger partial charge in [-0.2, -0.15) is 0 Å². The van der Waals surface area contributed by atoms with Crippen molar-refractivity contribution in [1.29, 1.82) is 0 Å². The first kappa shape index (κ1) is 24.6. The molecule has 11 rings (SSSR count). The number of allylic oxidation sites excluding steroid dienone is 11. The highest BCUT2D eigenvalue weighted by Gasteiger charge is 2.57. The molecule has 1 heterocycles. The van der Waals surface area contributed by atoms with E-state index in [0.29, 0.717) is 23.3 Å². The van der Waals surface area contributed by atoms with E-state index in [1.165, 1.54) is 82.0 Å². The summed E-state index contributed by atoms with van der Waals surface area (Å²) >= 11 is 0. The van der Waals surface area contributed by atoms with Crippen LogP contribution in [-0.4, -0.2) is 36.8 Å². The number of hydrogen-bond acceptors (Lipinski definition) is 2. The lowest BCUT2D eigenvalue weighted by Gasteiger charge is -2.60. The van der Waals surface area contributed by atoms with Crippen LogP contribution >= 0.6 is 0 Å². The van der Waals surface area contributed by atoms with Crippen LogP contribution in [0.1, 0.15) is 84.5 Å². The van der Waals surface area contributed by atoms with E-state index in [9.17, 15) is 0 Å². The lowest BCUT2D eigenvalue weighted by atomic mass is 9.44. The quantitative estimate of drug-likeness (QED) is 0.237. The van der Waals surface area contributed by atoms with E-state index < -0.39 is 0 Å². The number of nitrogens with zero attached hydrogens (tertiary/aromatic N) is 2. The summed E-state index contributed by atoms with van der Waals surface area (Å²) in [5, 5.41) is 0. The fourth-order valence-electron chi connectivity index (χ4n) is 11.6. The first-order valence-corrected chi connectivity index (χ1v) is 17.0. The van der Waals surface area contributed by atoms with Gasteiger partial charge in [-0.05, 0) is 131 Å². The molecule has 0 N–H and O–H groups in total. The van der Waals surface area contributed by atoms with Crippen LogP contribution in [0.15, 0.2) is 74.4 Å². The predicted octanol–water partition coefficient (Wildman–Crippen LogP) is 8.41. The Morgan fingerprint density at radius 1 is 0.975 bits per heavy atom. The van der Waals surface area contributed by atoms with Crippen molar-refractivity contribution < 1.29 is 0 Å². The van der Waals surface area contributed by atoms with E-state index in [2.05, 4.69) is 55.3 Å². The molecule has 7 unspecified atom stereocenters. The lowest BCUT2D eigenvalue weighted by molar-refractivity contribution is 0.180. The molecule has 2 nitrogen and oxygen atoms in total. The van der Waals surface area contributed by atoms with Gasteiger partial charge in [0.1, 0.15) is 0 Å². The SMILES string of the molecule is CC1=CC(C=NCC2CCCN2CC2C=C(C)C=C(C3=C4C5CC4C5=CC3)C2)CC(C23CC4CC(C2)C(C4)C3)=C1. The zero-order valence-electron chi connectivity index (χ0n) is 24.9. The van der Waals surface area contributed by atoms with Crippen molar-refractivity contribution in [2.75, 3.05) is 19.6 Å². The summed E-state index contributed by atoms with van der Waals surface area (Å²) in [7, 11) is 0. The van der Waals surface area contributed by atoms with Gasteiger partial charge >= 0.3 is 0 Å². The summed E-state index contributed by atoms with van der Waals surface area (Å²) in [6, 6.07) is 0.629. The van der Waals surface area contributed by atoms with Gasteiger partial charge in [0.05, 0.1) is 6.54 Å². The Kier molecular flexibility index (Phi) is 5.57. The van der Waals surface area contributed by atoms with E-state index in [1.807, 2.05) is 5.57 Å². The highest BCUT2D eigenvalue weighted by Crippen LogP contribution is 2.68. The second kappa shape index (κ2) is 9.03. The van der Waals surface area contributed by atoms with Crippen molar-refractivity contribution in [3.63, 3.8) is 0 Å². The van der Waals surface area contributed by atoms with Gasteiger partial charge in [-0.25, -0.2) is 0 Å². The Labute approximate surface area is 242 Å². The summed E-state index contributed by atoms with van der Waals surface area (Å²) in [5.41, 5.74) is 12.4. The minimum Gasteiger partial charge on any atom is -0.298 e. The van der Waals surface area contributed by atoms with Gasteiger partial charge in [-0.3, -0.25) is 9.89 Å². The molecule has 0 spiro atoms. The van der Waals surface area contributed by atoms with Crippen molar-refractivity contribution in [3.8, 4) is 0 Å². The summed E-state index contributed by atoms with van der Waals surface area (Å²) in [6.07, 6.45) is 30.5. The fourth-order valence-corrected chi connectivity index (χ4v) is 11.6. The standard InChI is InChI=1S/C38H48N2/c1-23-9-27(14-28(10-23)33-5-6-34-35-16-36(34)37(33)35)22-40-7-3-4-32(40)21-39-20-26-8-24(2)11-31(15-26)38-17-25-12-29(18-38)30(13-25)19-38/h6,8-11,20,25-27,29-30,32,35-36H,3-5,7,12-19,21-22H2,1-2H3. The van der Waals surface area contributed by atoms with E-state index in [1.54, 1.807) is 35.1 Å². The van der Waals surface area contributed by atoms with Crippen LogP contribution in [0.5, 0.6) is 0 Å². The zero-order chi connectivity index (χ0) is 26.6. The van der Waals surface area contributed by atoms with E-state index in [4.69, 9.17) is 4.99 Å². The normalized spacial score (nSPS) is 44.8. The molecule has 1 saturated heterocycles. The van der Waals surface area contributed by atoms with Crippen molar-refractivity contribution in [2.24, 2.45) is 51.8 Å². The highest BCUT2D eigenvalue weighted by molar-refractivity contribution is 5.66. The molecule has 2 heteroatoms. The van der Waals surface area contributed by atoms with Crippen molar-refractivity contribution >= 4 is 6.21 Å². The van der Waals surface area contributed by atoms with E-state index >= 15 is 0 Å². The third-order valence-electron chi connectivity index (χ3n) is 13.2. The van der Waals surface area contributed by atoms with Crippen molar-refractivity contribution in [2.45, 2.75) is 90.5 Å². The third kappa shape index (κ3) is 3.80. The molecule has 11 aliphatic rings. The smallest absolute Gasteiger partial charge is 0.0541 e. The fraction of sp³-hybridized carbons (Fsp3) is 0.658. The molecule has 0 aromatic heterocycles. The van der Waals surface area contributed by atoms with Crippen LogP contribution in [0.25, 0.3) is 0 Å². The lowest BCUT2D eigenvalue weighted by Crippen LogP contribution is -2.48. The molecular weight excluding hydrogens is 484 g/mol. The molecule has 0 amide bonds. The second-order valence-electron chi connectivity index (χ2n) is 15.7. The number of hydrogen-bond donors (Lipinski definition) is 0.